The SMILES string of the molecule is O=C(COC(=O)c1cn2ccccc2n1)Nc1ccc(Cl)c(C(F)(F)F)c1. The van der Waals surface area contributed by atoms with Crippen LogP contribution < -0.4 is 5.32 Å². The lowest BCUT2D eigenvalue weighted by atomic mass is 10.2. The van der Waals surface area contributed by atoms with Gasteiger partial charge in [-0.05, 0) is 30.3 Å². The third-order valence-corrected chi connectivity index (χ3v) is 3.79. The lowest BCUT2D eigenvalue weighted by Gasteiger charge is -2.11. The van der Waals surface area contributed by atoms with Crippen molar-refractivity contribution in [2.45, 2.75) is 6.18 Å². The summed E-state index contributed by atoms with van der Waals surface area (Å²) in [7, 11) is 0. The van der Waals surface area contributed by atoms with Crippen molar-refractivity contribution in [2.75, 3.05) is 11.9 Å². The van der Waals surface area contributed by atoms with Gasteiger partial charge in [-0.25, -0.2) is 9.78 Å². The molecule has 6 nitrogen and oxygen atoms in total. The first kappa shape index (κ1) is 18.7. The minimum absolute atomic E-state index is 0.000138. The number of hydrogen-bond donors (Lipinski definition) is 1. The molecule has 140 valence electrons. The lowest BCUT2D eigenvalue weighted by molar-refractivity contribution is -0.137. The van der Waals surface area contributed by atoms with Crippen molar-refractivity contribution in [2.24, 2.45) is 0 Å². The molecule has 3 rings (SSSR count). The van der Waals surface area contributed by atoms with Gasteiger partial charge in [-0.1, -0.05) is 17.7 Å². The first-order valence-corrected chi connectivity index (χ1v) is 7.89. The number of carbonyl (C=O) groups excluding carboxylic acids is 2. The molecule has 0 aliphatic rings. The molecule has 0 atom stereocenters. The maximum absolute atomic E-state index is 12.8. The second kappa shape index (κ2) is 7.28. The number of alkyl halides is 3. The molecule has 0 bridgehead atoms. The zero-order chi connectivity index (χ0) is 19.6. The number of nitrogens with one attached hydrogen (secondary N) is 1. The molecule has 1 aromatic carbocycles. The van der Waals surface area contributed by atoms with Crippen LogP contribution >= 0.6 is 11.6 Å². The summed E-state index contributed by atoms with van der Waals surface area (Å²) in [6.07, 6.45) is -1.54. The van der Waals surface area contributed by atoms with Crippen molar-refractivity contribution < 1.29 is 27.5 Å². The molecule has 0 aliphatic heterocycles. The fourth-order valence-corrected chi connectivity index (χ4v) is 2.48. The van der Waals surface area contributed by atoms with E-state index in [0.29, 0.717) is 11.7 Å². The topological polar surface area (TPSA) is 72.7 Å². The van der Waals surface area contributed by atoms with Gasteiger partial charge in [0.25, 0.3) is 5.91 Å². The maximum atomic E-state index is 12.8. The predicted molar refractivity (Wildman–Crippen MR) is 90.6 cm³/mol. The Bertz CT molecular complexity index is 984. The van der Waals surface area contributed by atoms with Crippen LogP contribution in [-0.2, 0) is 15.7 Å². The summed E-state index contributed by atoms with van der Waals surface area (Å²) in [5.41, 5.74) is -0.682. The number of anilines is 1. The Morgan fingerprint density at radius 1 is 1.22 bits per heavy atom. The molecule has 1 N–H and O–H groups in total. The fraction of sp³-hybridized carbons (Fsp3) is 0.118. The van der Waals surface area contributed by atoms with E-state index in [1.54, 1.807) is 28.8 Å². The molecule has 0 unspecified atom stereocenters. The molecule has 10 heteroatoms. The number of fused-ring (bicyclic) bond motifs is 1. The van der Waals surface area contributed by atoms with Crippen LogP contribution in [0.1, 0.15) is 16.1 Å². The number of imidazole rings is 1. The minimum atomic E-state index is -4.66. The second-order valence-corrected chi connectivity index (χ2v) is 5.82. The Morgan fingerprint density at radius 3 is 2.70 bits per heavy atom. The van der Waals surface area contributed by atoms with Gasteiger partial charge in [0, 0.05) is 18.1 Å². The summed E-state index contributed by atoms with van der Waals surface area (Å²) in [4.78, 5) is 27.8. The van der Waals surface area contributed by atoms with Crippen molar-refractivity contribution in [3.63, 3.8) is 0 Å². The zero-order valence-corrected chi connectivity index (χ0v) is 14.2. The monoisotopic (exact) mass is 397 g/mol. The number of aromatic nitrogens is 2. The van der Waals surface area contributed by atoms with Crippen LogP contribution in [0.4, 0.5) is 18.9 Å². The quantitative estimate of drug-likeness (QED) is 0.680. The summed E-state index contributed by atoms with van der Waals surface area (Å²) in [6, 6.07) is 8.10. The number of rotatable bonds is 4. The number of nitrogens with zero attached hydrogens (tertiary/aromatic N) is 2. The van der Waals surface area contributed by atoms with Gasteiger partial charge in [0.15, 0.2) is 12.3 Å². The number of benzene rings is 1. The van der Waals surface area contributed by atoms with Gasteiger partial charge in [-0.15, -0.1) is 0 Å². The Hall–Kier alpha value is -3.07. The van der Waals surface area contributed by atoms with E-state index in [1.165, 1.54) is 12.3 Å². The molecule has 0 saturated carbocycles. The number of ether oxygens (including phenoxy) is 1. The summed E-state index contributed by atoms with van der Waals surface area (Å²) in [6.45, 7) is -0.684. The molecular weight excluding hydrogens is 387 g/mol. The van der Waals surface area contributed by atoms with Gasteiger partial charge in [-0.2, -0.15) is 13.2 Å². The van der Waals surface area contributed by atoms with Gasteiger partial charge in [-0.3, -0.25) is 4.79 Å². The molecule has 0 radical (unpaired) electrons. The lowest BCUT2D eigenvalue weighted by Crippen LogP contribution is -2.21. The summed E-state index contributed by atoms with van der Waals surface area (Å²) in [5.74, 6) is -1.64. The smallest absolute Gasteiger partial charge is 0.417 e. The highest BCUT2D eigenvalue weighted by Crippen LogP contribution is 2.36. The highest BCUT2D eigenvalue weighted by atomic mass is 35.5. The summed E-state index contributed by atoms with van der Waals surface area (Å²) >= 11 is 5.51. The van der Waals surface area contributed by atoms with Crippen LogP contribution in [0, 0.1) is 0 Å². The Balaban J connectivity index is 1.62. The van der Waals surface area contributed by atoms with E-state index < -0.39 is 35.2 Å². The predicted octanol–water partition coefficient (Wildman–Crippen LogP) is 3.80. The van der Waals surface area contributed by atoms with Crippen molar-refractivity contribution in [1.82, 2.24) is 9.38 Å². The second-order valence-electron chi connectivity index (χ2n) is 5.41. The van der Waals surface area contributed by atoms with Crippen LogP contribution in [-0.4, -0.2) is 27.9 Å². The van der Waals surface area contributed by atoms with E-state index in [0.717, 1.165) is 6.07 Å². The summed E-state index contributed by atoms with van der Waals surface area (Å²) in [5, 5.41) is 1.73. The number of carbonyl (C=O) groups is 2. The minimum Gasteiger partial charge on any atom is -0.451 e. The maximum Gasteiger partial charge on any atom is 0.417 e. The number of pyridine rings is 1. The van der Waals surface area contributed by atoms with Crippen LogP contribution in [0.25, 0.3) is 5.65 Å². The Morgan fingerprint density at radius 2 is 2.00 bits per heavy atom. The molecule has 1 amide bonds. The van der Waals surface area contributed by atoms with Gasteiger partial charge in [0.05, 0.1) is 10.6 Å². The standard InChI is InChI=1S/C17H11ClF3N3O3/c18-12-5-4-10(7-11(12)17(19,20)21)22-15(25)9-27-16(26)13-8-24-6-2-1-3-14(24)23-13/h1-8H,9H2,(H,22,25). The molecule has 27 heavy (non-hydrogen) atoms. The number of hydrogen-bond acceptors (Lipinski definition) is 4. The number of esters is 1. The molecular formula is C17H11ClF3N3O3. The van der Waals surface area contributed by atoms with Crippen LogP contribution in [0.2, 0.25) is 5.02 Å². The van der Waals surface area contributed by atoms with Crippen LogP contribution in [0.5, 0.6) is 0 Å². The van der Waals surface area contributed by atoms with Crippen molar-refractivity contribution in [1.29, 1.82) is 0 Å². The average molecular weight is 398 g/mol. The molecule has 0 saturated heterocycles. The van der Waals surface area contributed by atoms with Crippen LogP contribution in [0.15, 0.2) is 48.8 Å². The molecule has 0 fully saturated rings. The fourth-order valence-electron chi connectivity index (χ4n) is 2.26. The zero-order valence-electron chi connectivity index (χ0n) is 13.5. The van der Waals surface area contributed by atoms with Gasteiger partial charge in [0.1, 0.15) is 5.65 Å². The van der Waals surface area contributed by atoms with E-state index in [4.69, 9.17) is 16.3 Å². The van der Waals surface area contributed by atoms with Crippen LogP contribution in [0.3, 0.4) is 0 Å². The van der Waals surface area contributed by atoms with E-state index in [1.807, 2.05) is 0 Å². The third-order valence-electron chi connectivity index (χ3n) is 3.46. The van der Waals surface area contributed by atoms with Gasteiger partial charge >= 0.3 is 12.1 Å². The molecule has 0 spiro atoms. The molecule has 2 aromatic heterocycles. The van der Waals surface area contributed by atoms with Gasteiger partial charge in [0.2, 0.25) is 0 Å². The largest absolute Gasteiger partial charge is 0.451 e. The Labute approximate surface area is 155 Å². The van der Waals surface area contributed by atoms with Gasteiger partial charge < -0.3 is 14.5 Å². The third kappa shape index (κ3) is 4.37. The molecule has 2 heterocycles. The van der Waals surface area contributed by atoms with Crippen molar-refractivity contribution in [3.05, 3.63) is 65.1 Å². The van der Waals surface area contributed by atoms with Crippen molar-refractivity contribution >= 4 is 34.8 Å². The number of amides is 1. The molecule has 3 aromatic rings. The first-order chi connectivity index (χ1) is 12.7. The van der Waals surface area contributed by atoms with Crippen molar-refractivity contribution in [3.8, 4) is 0 Å². The normalized spacial score (nSPS) is 11.4. The highest BCUT2D eigenvalue weighted by Gasteiger charge is 2.33. The first-order valence-electron chi connectivity index (χ1n) is 7.51. The average Bonchev–Trinajstić information content (AvgIpc) is 3.04. The molecule has 0 aliphatic carbocycles. The summed E-state index contributed by atoms with van der Waals surface area (Å²) < 4.78 is 44.9. The van der Waals surface area contributed by atoms with E-state index in [2.05, 4.69) is 10.3 Å². The van der Waals surface area contributed by atoms with E-state index in [9.17, 15) is 22.8 Å². The Kier molecular flexibility index (Phi) is 5.04. The highest BCUT2D eigenvalue weighted by molar-refractivity contribution is 6.31. The van der Waals surface area contributed by atoms with E-state index in [-0.39, 0.29) is 11.4 Å². The van der Waals surface area contributed by atoms with E-state index >= 15 is 0 Å². The number of halogens is 4.